The zero-order valence-electron chi connectivity index (χ0n) is 10.5. The summed E-state index contributed by atoms with van der Waals surface area (Å²) in [5.41, 5.74) is 6.16. The molecular formula is C14H20N2O2. The molecule has 1 aliphatic carbocycles. The number of hydrogen-bond donors (Lipinski definition) is 2. The van der Waals surface area contributed by atoms with Crippen LogP contribution in [0.3, 0.4) is 0 Å². The maximum Gasteiger partial charge on any atom is 0.255 e. The summed E-state index contributed by atoms with van der Waals surface area (Å²) in [6, 6.07) is 8.37. The van der Waals surface area contributed by atoms with Gasteiger partial charge in [0, 0.05) is 18.2 Å². The van der Waals surface area contributed by atoms with E-state index in [4.69, 9.17) is 10.5 Å². The summed E-state index contributed by atoms with van der Waals surface area (Å²) >= 11 is 0. The molecule has 4 nitrogen and oxygen atoms in total. The van der Waals surface area contributed by atoms with Gasteiger partial charge in [-0.25, -0.2) is 0 Å². The molecule has 0 atom stereocenters. The number of ether oxygens (including phenoxy) is 1. The van der Waals surface area contributed by atoms with Gasteiger partial charge in [0.15, 0.2) is 6.61 Å². The summed E-state index contributed by atoms with van der Waals surface area (Å²) in [6.45, 7) is 0.708. The highest BCUT2D eigenvalue weighted by Gasteiger charge is 2.14. The van der Waals surface area contributed by atoms with Crippen molar-refractivity contribution in [2.45, 2.75) is 38.3 Å². The number of carbonyl (C=O) groups is 1. The quantitative estimate of drug-likeness (QED) is 0.803. The molecule has 1 fully saturated rings. The SMILES string of the molecule is NC(=O)COc1ccccc1CNC1CCCC1. The first-order valence-corrected chi connectivity index (χ1v) is 6.48. The standard InChI is InChI=1S/C14H20N2O2/c15-14(17)10-18-13-8-4-1-5-11(13)9-16-12-6-2-3-7-12/h1,4-5,8,12,16H,2-3,6-7,9-10H2,(H2,15,17). The van der Waals surface area contributed by atoms with E-state index in [1.165, 1.54) is 25.7 Å². The minimum atomic E-state index is -0.450. The second-order valence-corrected chi connectivity index (χ2v) is 4.72. The second-order valence-electron chi connectivity index (χ2n) is 4.72. The lowest BCUT2D eigenvalue weighted by atomic mass is 10.1. The third-order valence-corrected chi connectivity index (χ3v) is 3.28. The van der Waals surface area contributed by atoms with Gasteiger partial charge in [-0.05, 0) is 18.9 Å². The molecule has 0 aliphatic heterocycles. The fraction of sp³-hybridized carbons (Fsp3) is 0.500. The van der Waals surface area contributed by atoms with Gasteiger partial charge in [0.05, 0.1) is 0 Å². The number of rotatable bonds is 6. The van der Waals surface area contributed by atoms with E-state index in [-0.39, 0.29) is 6.61 Å². The molecule has 0 saturated heterocycles. The summed E-state index contributed by atoms with van der Waals surface area (Å²) in [5.74, 6) is 0.287. The molecule has 0 spiro atoms. The zero-order valence-corrected chi connectivity index (χ0v) is 10.5. The topological polar surface area (TPSA) is 64.4 Å². The molecule has 0 aromatic heterocycles. The van der Waals surface area contributed by atoms with Crippen molar-refractivity contribution in [1.82, 2.24) is 5.32 Å². The Balaban J connectivity index is 1.91. The Morgan fingerprint density at radius 2 is 2.06 bits per heavy atom. The Morgan fingerprint density at radius 3 is 2.78 bits per heavy atom. The van der Waals surface area contributed by atoms with Gasteiger partial charge >= 0.3 is 0 Å². The van der Waals surface area contributed by atoms with Crippen LogP contribution in [-0.4, -0.2) is 18.6 Å². The van der Waals surface area contributed by atoms with Crippen LogP contribution in [0.4, 0.5) is 0 Å². The van der Waals surface area contributed by atoms with E-state index >= 15 is 0 Å². The van der Waals surface area contributed by atoms with Crippen molar-refractivity contribution in [3.05, 3.63) is 29.8 Å². The van der Waals surface area contributed by atoms with Crippen LogP contribution >= 0.6 is 0 Å². The van der Waals surface area contributed by atoms with Gasteiger partial charge in [0.1, 0.15) is 5.75 Å². The minimum Gasteiger partial charge on any atom is -0.483 e. The number of benzene rings is 1. The molecule has 4 heteroatoms. The van der Waals surface area contributed by atoms with E-state index in [0.717, 1.165) is 17.9 Å². The van der Waals surface area contributed by atoms with E-state index < -0.39 is 5.91 Å². The van der Waals surface area contributed by atoms with Gasteiger partial charge in [-0.3, -0.25) is 4.79 Å². The van der Waals surface area contributed by atoms with Gasteiger partial charge in [-0.2, -0.15) is 0 Å². The average Bonchev–Trinajstić information content (AvgIpc) is 2.88. The molecule has 1 aromatic rings. The van der Waals surface area contributed by atoms with E-state index in [1.54, 1.807) is 0 Å². The lowest BCUT2D eigenvalue weighted by molar-refractivity contribution is -0.119. The van der Waals surface area contributed by atoms with Gasteiger partial charge in [-0.15, -0.1) is 0 Å². The monoisotopic (exact) mass is 248 g/mol. The molecule has 98 valence electrons. The van der Waals surface area contributed by atoms with Crippen LogP contribution in [0.1, 0.15) is 31.2 Å². The fourth-order valence-corrected chi connectivity index (χ4v) is 2.32. The smallest absolute Gasteiger partial charge is 0.255 e. The van der Waals surface area contributed by atoms with E-state index in [1.807, 2.05) is 24.3 Å². The molecular weight excluding hydrogens is 228 g/mol. The molecule has 18 heavy (non-hydrogen) atoms. The summed E-state index contributed by atoms with van der Waals surface area (Å²) < 4.78 is 5.40. The maximum atomic E-state index is 10.7. The number of carbonyl (C=O) groups excluding carboxylic acids is 1. The summed E-state index contributed by atoms with van der Waals surface area (Å²) in [4.78, 5) is 10.7. The van der Waals surface area contributed by atoms with E-state index in [0.29, 0.717) is 6.04 Å². The Labute approximate surface area is 108 Å². The highest BCUT2D eigenvalue weighted by Crippen LogP contribution is 2.21. The number of primary amides is 1. The van der Waals surface area contributed by atoms with Gasteiger partial charge in [0.25, 0.3) is 5.91 Å². The Hall–Kier alpha value is -1.55. The number of amides is 1. The van der Waals surface area contributed by atoms with Crippen molar-refractivity contribution in [3.8, 4) is 5.75 Å². The number of para-hydroxylation sites is 1. The van der Waals surface area contributed by atoms with Crippen LogP contribution < -0.4 is 15.8 Å². The normalized spacial score (nSPS) is 15.8. The van der Waals surface area contributed by atoms with E-state index in [2.05, 4.69) is 5.32 Å². The van der Waals surface area contributed by atoms with Crippen molar-refractivity contribution in [1.29, 1.82) is 0 Å². The molecule has 1 amide bonds. The van der Waals surface area contributed by atoms with Gasteiger partial charge < -0.3 is 15.8 Å². The predicted molar refractivity (Wildman–Crippen MR) is 70.2 cm³/mol. The van der Waals surface area contributed by atoms with Gasteiger partial charge in [-0.1, -0.05) is 31.0 Å². The molecule has 0 bridgehead atoms. The second kappa shape index (κ2) is 6.40. The van der Waals surface area contributed by atoms with E-state index in [9.17, 15) is 4.79 Å². The first kappa shape index (κ1) is 12.9. The van der Waals surface area contributed by atoms with Crippen molar-refractivity contribution in [2.75, 3.05) is 6.61 Å². The third kappa shape index (κ3) is 3.74. The first-order chi connectivity index (χ1) is 8.75. The van der Waals surface area contributed by atoms with Crippen molar-refractivity contribution < 1.29 is 9.53 Å². The first-order valence-electron chi connectivity index (χ1n) is 6.48. The molecule has 0 unspecified atom stereocenters. The zero-order chi connectivity index (χ0) is 12.8. The lowest BCUT2D eigenvalue weighted by Gasteiger charge is -2.14. The van der Waals surface area contributed by atoms with Gasteiger partial charge in [0.2, 0.25) is 0 Å². The average molecular weight is 248 g/mol. The van der Waals surface area contributed by atoms with Crippen molar-refractivity contribution in [2.24, 2.45) is 5.73 Å². The molecule has 0 radical (unpaired) electrons. The van der Waals surface area contributed by atoms with Crippen LogP contribution in [0.2, 0.25) is 0 Å². The fourth-order valence-electron chi connectivity index (χ4n) is 2.32. The van der Waals surface area contributed by atoms with Crippen LogP contribution in [0.15, 0.2) is 24.3 Å². The molecule has 3 N–H and O–H groups in total. The number of hydrogen-bond acceptors (Lipinski definition) is 3. The Kier molecular flexibility index (Phi) is 4.59. The maximum absolute atomic E-state index is 10.7. The highest BCUT2D eigenvalue weighted by atomic mass is 16.5. The molecule has 0 heterocycles. The Morgan fingerprint density at radius 1 is 1.33 bits per heavy atom. The lowest BCUT2D eigenvalue weighted by Crippen LogP contribution is -2.26. The van der Waals surface area contributed by atoms with Crippen LogP contribution in [-0.2, 0) is 11.3 Å². The number of nitrogens with one attached hydrogen (secondary N) is 1. The van der Waals surface area contributed by atoms with Crippen LogP contribution in [0.25, 0.3) is 0 Å². The molecule has 1 aromatic carbocycles. The largest absolute Gasteiger partial charge is 0.483 e. The number of nitrogens with two attached hydrogens (primary N) is 1. The summed E-state index contributed by atoms with van der Waals surface area (Å²) in [6.07, 6.45) is 5.14. The summed E-state index contributed by atoms with van der Waals surface area (Å²) in [7, 11) is 0. The third-order valence-electron chi connectivity index (χ3n) is 3.28. The highest BCUT2D eigenvalue weighted by molar-refractivity contribution is 5.75. The summed E-state index contributed by atoms with van der Waals surface area (Å²) in [5, 5.41) is 3.53. The minimum absolute atomic E-state index is 0.0690. The van der Waals surface area contributed by atoms with Crippen molar-refractivity contribution >= 4 is 5.91 Å². The Bertz CT molecular complexity index is 401. The predicted octanol–water partition coefficient (Wildman–Crippen LogP) is 1.58. The molecule has 1 aliphatic rings. The van der Waals surface area contributed by atoms with Crippen molar-refractivity contribution in [3.63, 3.8) is 0 Å². The van der Waals surface area contributed by atoms with Crippen LogP contribution in [0, 0.1) is 0 Å². The van der Waals surface area contributed by atoms with Crippen LogP contribution in [0.5, 0.6) is 5.75 Å². The molecule has 2 rings (SSSR count). The molecule has 1 saturated carbocycles.